The maximum Gasteiger partial charge on any atom is 0.191 e. The minimum Gasteiger partial charge on any atom is -0.356 e. The van der Waals surface area contributed by atoms with Gasteiger partial charge in [-0.1, -0.05) is 19.8 Å². The van der Waals surface area contributed by atoms with E-state index in [9.17, 15) is 0 Å². The fourth-order valence-electron chi connectivity index (χ4n) is 3.72. The lowest BCUT2D eigenvalue weighted by molar-refractivity contribution is 0.282. The van der Waals surface area contributed by atoms with Crippen molar-refractivity contribution in [1.82, 2.24) is 15.5 Å². The van der Waals surface area contributed by atoms with Crippen LogP contribution >= 0.6 is 24.0 Å². The molecular weight excluding hydrogens is 375 g/mol. The molecule has 1 saturated heterocycles. The Morgan fingerprint density at radius 1 is 1.24 bits per heavy atom. The molecule has 0 bridgehead atoms. The minimum absolute atomic E-state index is 0. The monoisotopic (exact) mass is 408 g/mol. The maximum absolute atomic E-state index is 4.38. The third kappa shape index (κ3) is 5.27. The molecule has 21 heavy (non-hydrogen) atoms. The standard InChI is InChI=1S/C16H32N4.HI/c1-4-16(9-5-6-10-16)13-19-15(17-2)18-12-14-8-7-11-20(14)3;/h14H,4-13H2,1-3H3,(H2,17,18,19);1H. The van der Waals surface area contributed by atoms with Crippen molar-refractivity contribution >= 4 is 29.9 Å². The van der Waals surface area contributed by atoms with Crippen molar-refractivity contribution in [2.75, 3.05) is 33.7 Å². The number of nitrogens with zero attached hydrogens (tertiary/aromatic N) is 2. The summed E-state index contributed by atoms with van der Waals surface area (Å²) < 4.78 is 0. The van der Waals surface area contributed by atoms with Crippen molar-refractivity contribution in [3.8, 4) is 0 Å². The molecule has 2 aliphatic rings. The van der Waals surface area contributed by atoms with Gasteiger partial charge in [0.05, 0.1) is 0 Å². The van der Waals surface area contributed by atoms with Gasteiger partial charge in [-0.15, -0.1) is 24.0 Å². The summed E-state index contributed by atoms with van der Waals surface area (Å²) in [4.78, 5) is 6.83. The number of halogens is 1. The van der Waals surface area contributed by atoms with Gasteiger partial charge in [0.2, 0.25) is 0 Å². The number of hydrogen-bond acceptors (Lipinski definition) is 2. The topological polar surface area (TPSA) is 39.7 Å². The third-order valence-electron chi connectivity index (χ3n) is 5.45. The molecule has 2 N–H and O–H groups in total. The lowest BCUT2D eigenvalue weighted by Gasteiger charge is -2.29. The number of aliphatic imine (C=N–C) groups is 1. The Bertz CT molecular complexity index is 326. The van der Waals surface area contributed by atoms with Crippen LogP contribution in [-0.4, -0.2) is 50.6 Å². The summed E-state index contributed by atoms with van der Waals surface area (Å²) >= 11 is 0. The van der Waals surface area contributed by atoms with Gasteiger partial charge in [0, 0.05) is 26.2 Å². The first-order valence-corrected chi connectivity index (χ1v) is 8.34. The van der Waals surface area contributed by atoms with E-state index in [-0.39, 0.29) is 24.0 Å². The second-order valence-corrected chi connectivity index (χ2v) is 6.64. The zero-order valence-electron chi connectivity index (χ0n) is 14.0. The largest absolute Gasteiger partial charge is 0.356 e. The molecular formula is C16H33IN4. The predicted molar refractivity (Wildman–Crippen MR) is 102 cm³/mol. The van der Waals surface area contributed by atoms with Gasteiger partial charge in [0.25, 0.3) is 0 Å². The van der Waals surface area contributed by atoms with Crippen LogP contribution in [0.3, 0.4) is 0 Å². The summed E-state index contributed by atoms with van der Waals surface area (Å²) in [5.74, 6) is 0.977. The number of rotatable bonds is 5. The molecule has 1 aliphatic heterocycles. The molecule has 0 radical (unpaired) electrons. The third-order valence-corrected chi connectivity index (χ3v) is 5.45. The van der Waals surface area contributed by atoms with Crippen LogP contribution in [0.5, 0.6) is 0 Å². The summed E-state index contributed by atoms with van der Waals surface area (Å²) in [6.07, 6.45) is 9.45. The first-order valence-electron chi connectivity index (χ1n) is 8.34. The normalized spacial score (nSPS) is 25.7. The summed E-state index contributed by atoms with van der Waals surface area (Å²) in [6, 6.07) is 0.667. The van der Waals surface area contributed by atoms with Gasteiger partial charge >= 0.3 is 0 Å². The van der Waals surface area contributed by atoms with Crippen molar-refractivity contribution in [2.24, 2.45) is 10.4 Å². The lowest BCUT2D eigenvalue weighted by atomic mass is 9.83. The van der Waals surface area contributed by atoms with Crippen molar-refractivity contribution in [1.29, 1.82) is 0 Å². The van der Waals surface area contributed by atoms with Crippen LogP contribution in [0.4, 0.5) is 0 Å². The van der Waals surface area contributed by atoms with E-state index in [4.69, 9.17) is 0 Å². The number of likely N-dealkylation sites (tertiary alicyclic amines) is 1. The SMILES string of the molecule is CCC1(CNC(=NC)NCC2CCCN2C)CCCC1.I. The summed E-state index contributed by atoms with van der Waals surface area (Å²) in [7, 11) is 4.10. The second-order valence-electron chi connectivity index (χ2n) is 6.64. The summed E-state index contributed by atoms with van der Waals surface area (Å²) in [5, 5.41) is 7.07. The van der Waals surface area contributed by atoms with Crippen molar-refractivity contribution in [2.45, 2.75) is 57.9 Å². The van der Waals surface area contributed by atoms with E-state index in [1.165, 1.54) is 51.5 Å². The Balaban J connectivity index is 0.00000220. The van der Waals surface area contributed by atoms with E-state index in [1.807, 2.05) is 7.05 Å². The zero-order chi connectivity index (χ0) is 14.4. The van der Waals surface area contributed by atoms with Crippen LogP contribution in [0.25, 0.3) is 0 Å². The molecule has 1 aliphatic carbocycles. The molecule has 2 fully saturated rings. The highest BCUT2D eigenvalue weighted by Crippen LogP contribution is 2.40. The first kappa shape index (κ1) is 19.0. The van der Waals surface area contributed by atoms with Gasteiger partial charge in [0.1, 0.15) is 0 Å². The molecule has 124 valence electrons. The highest BCUT2D eigenvalue weighted by atomic mass is 127. The predicted octanol–water partition coefficient (Wildman–Crippen LogP) is 2.83. The highest BCUT2D eigenvalue weighted by Gasteiger charge is 2.32. The van der Waals surface area contributed by atoms with Gasteiger partial charge in [-0.2, -0.15) is 0 Å². The van der Waals surface area contributed by atoms with Crippen LogP contribution in [0.2, 0.25) is 0 Å². The number of hydrogen-bond donors (Lipinski definition) is 2. The average molecular weight is 408 g/mol. The molecule has 0 aromatic carbocycles. The molecule has 0 amide bonds. The molecule has 1 unspecified atom stereocenters. The molecule has 1 atom stereocenters. The van der Waals surface area contributed by atoms with Gasteiger partial charge in [0.15, 0.2) is 5.96 Å². The molecule has 5 heteroatoms. The van der Waals surface area contributed by atoms with Crippen LogP contribution in [-0.2, 0) is 0 Å². The zero-order valence-corrected chi connectivity index (χ0v) is 16.3. The average Bonchev–Trinajstić information content (AvgIpc) is 3.09. The van der Waals surface area contributed by atoms with Crippen LogP contribution < -0.4 is 10.6 Å². The van der Waals surface area contributed by atoms with E-state index >= 15 is 0 Å². The van der Waals surface area contributed by atoms with Gasteiger partial charge in [-0.3, -0.25) is 4.99 Å². The number of likely N-dealkylation sites (N-methyl/N-ethyl adjacent to an activating group) is 1. The fraction of sp³-hybridized carbons (Fsp3) is 0.938. The lowest BCUT2D eigenvalue weighted by Crippen LogP contribution is -2.46. The summed E-state index contributed by atoms with van der Waals surface area (Å²) in [5.41, 5.74) is 0.516. The molecule has 4 nitrogen and oxygen atoms in total. The van der Waals surface area contributed by atoms with Crippen LogP contribution in [0.15, 0.2) is 4.99 Å². The van der Waals surface area contributed by atoms with Gasteiger partial charge < -0.3 is 15.5 Å². The smallest absolute Gasteiger partial charge is 0.191 e. The van der Waals surface area contributed by atoms with E-state index in [0.29, 0.717) is 11.5 Å². The number of guanidine groups is 1. The van der Waals surface area contributed by atoms with Crippen LogP contribution in [0.1, 0.15) is 51.9 Å². The van der Waals surface area contributed by atoms with Crippen molar-refractivity contribution in [3.63, 3.8) is 0 Å². The molecule has 2 rings (SSSR count). The van der Waals surface area contributed by atoms with E-state index in [1.54, 1.807) is 0 Å². The molecule has 0 aromatic heterocycles. The Kier molecular flexibility index (Phi) is 8.31. The highest BCUT2D eigenvalue weighted by molar-refractivity contribution is 14.0. The molecule has 0 aromatic rings. The Morgan fingerprint density at radius 2 is 1.95 bits per heavy atom. The van der Waals surface area contributed by atoms with E-state index in [0.717, 1.165) is 19.0 Å². The quantitative estimate of drug-likeness (QED) is 0.418. The Hall–Kier alpha value is -0.0400. The minimum atomic E-state index is 0. The first-order chi connectivity index (χ1) is 9.69. The summed E-state index contributed by atoms with van der Waals surface area (Å²) in [6.45, 7) is 5.65. The van der Waals surface area contributed by atoms with E-state index < -0.39 is 0 Å². The Morgan fingerprint density at radius 3 is 2.48 bits per heavy atom. The Labute approximate surface area is 147 Å². The number of nitrogens with one attached hydrogen (secondary N) is 2. The van der Waals surface area contributed by atoms with Crippen molar-refractivity contribution in [3.05, 3.63) is 0 Å². The second kappa shape index (κ2) is 9.18. The fourth-order valence-corrected chi connectivity index (χ4v) is 3.72. The maximum atomic E-state index is 4.38. The molecule has 0 spiro atoms. The van der Waals surface area contributed by atoms with Crippen molar-refractivity contribution < 1.29 is 0 Å². The molecule has 1 saturated carbocycles. The van der Waals surface area contributed by atoms with E-state index in [2.05, 4.69) is 34.5 Å². The van der Waals surface area contributed by atoms with Gasteiger partial charge in [-0.05, 0) is 51.1 Å². The van der Waals surface area contributed by atoms with Crippen LogP contribution in [0, 0.1) is 5.41 Å². The molecule has 1 heterocycles. The van der Waals surface area contributed by atoms with Gasteiger partial charge in [-0.25, -0.2) is 0 Å².